The van der Waals surface area contributed by atoms with Crippen LogP contribution in [0.1, 0.15) is 38.3 Å². The summed E-state index contributed by atoms with van der Waals surface area (Å²) in [7, 11) is 3.50. The van der Waals surface area contributed by atoms with Gasteiger partial charge in [0.25, 0.3) is 0 Å². The molecule has 0 aromatic heterocycles. The lowest BCUT2D eigenvalue weighted by Crippen LogP contribution is -2.23. The molecule has 1 aromatic carbocycles. The fourth-order valence-electron chi connectivity index (χ4n) is 1.81. The molecule has 0 aliphatic heterocycles. The Balaban J connectivity index is 2.40. The van der Waals surface area contributed by atoms with E-state index >= 15 is 0 Å². The van der Waals surface area contributed by atoms with E-state index in [2.05, 4.69) is 31.3 Å². The minimum Gasteiger partial charge on any atom is -0.493 e. The smallest absolute Gasteiger partial charge is 0.225 e. The summed E-state index contributed by atoms with van der Waals surface area (Å²) in [6.07, 6.45) is 1.54. The number of carbonyl (C=O) groups is 1. The van der Waals surface area contributed by atoms with Crippen molar-refractivity contribution in [2.75, 3.05) is 27.2 Å². The summed E-state index contributed by atoms with van der Waals surface area (Å²) >= 11 is 0. The van der Waals surface area contributed by atoms with Crippen molar-refractivity contribution in [1.29, 1.82) is 0 Å². The molecule has 1 N–H and O–H groups in total. The standard InChI is InChI=1S/C16H26N2O2/c1-5-11-17-13(2)14-6-8-15(9-7-14)20-12-10-16(19)18(3)4/h6-9,13,17H,5,10-12H2,1-4H3. The first-order valence-electron chi connectivity index (χ1n) is 7.21. The fraction of sp³-hybridized carbons (Fsp3) is 0.562. The molecule has 1 unspecified atom stereocenters. The molecule has 1 amide bonds. The molecule has 0 aliphatic carbocycles. The number of benzene rings is 1. The first-order chi connectivity index (χ1) is 9.54. The van der Waals surface area contributed by atoms with Crippen LogP contribution in [0.2, 0.25) is 0 Å². The normalized spacial score (nSPS) is 12.0. The minimum absolute atomic E-state index is 0.0824. The molecule has 0 bridgehead atoms. The van der Waals surface area contributed by atoms with Gasteiger partial charge in [0.1, 0.15) is 5.75 Å². The number of ether oxygens (including phenoxy) is 1. The predicted octanol–water partition coefficient (Wildman–Crippen LogP) is 2.60. The Bertz CT molecular complexity index is 401. The molecule has 112 valence electrons. The lowest BCUT2D eigenvalue weighted by molar-refractivity contribution is -0.129. The van der Waals surface area contributed by atoms with Gasteiger partial charge < -0.3 is 15.0 Å². The largest absolute Gasteiger partial charge is 0.493 e. The molecule has 0 aliphatic rings. The van der Waals surface area contributed by atoms with Crippen molar-refractivity contribution in [3.05, 3.63) is 29.8 Å². The van der Waals surface area contributed by atoms with Gasteiger partial charge in [0, 0.05) is 20.1 Å². The quantitative estimate of drug-likeness (QED) is 0.794. The van der Waals surface area contributed by atoms with Crippen LogP contribution < -0.4 is 10.1 Å². The topological polar surface area (TPSA) is 41.6 Å². The Morgan fingerprint density at radius 3 is 2.50 bits per heavy atom. The van der Waals surface area contributed by atoms with Gasteiger partial charge in [-0.1, -0.05) is 19.1 Å². The van der Waals surface area contributed by atoms with Gasteiger partial charge in [0.05, 0.1) is 13.0 Å². The third-order valence-corrected chi connectivity index (χ3v) is 3.16. The van der Waals surface area contributed by atoms with Crippen molar-refractivity contribution in [3.63, 3.8) is 0 Å². The van der Waals surface area contributed by atoms with Gasteiger partial charge in [-0.2, -0.15) is 0 Å². The summed E-state index contributed by atoms with van der Waals surface area (Å²) in [5.74, 6) is 0.891. The van der Waals surface area contributed by atoms with Gasteiger partial charge in [-0.05, 0) is 37.6 Å². The van der Waals surface area contributed by atoms with Crippen LogP contribution in [-0.2, 0) is 4.79 Å². The molecule has 4 nitrogen and oxygen atoms in total. The predicted molar refractivity (Wildman–Crippen MR) is 82.0 cm³/mol. The van der Waals surface area contributed by atoms with E-state index < -0.39 is 0 Å². The van der Waals surface area contributed by atoms with E-state index in [0.29, 0.717) is 19.1 Å². The van der Waals surface area contributed by atoms with Crippen molar-refractivity contribution in [1.82, 2.24) is 10.2 Å². The average molecular weight is 278 g/mol. The summed E-state index contributed by atoms with van der Waals surface area (Å²) in [5, 5.41) is 3.45. The Morgan fingerprint density at radius 1 is 1.30 bits per heavy atom. The highest BCUT2D eigenvalue weighted by atomic mass is 16.5. The van der Waals surface area contributed by atoms with Gasteiger partial charge in [-0.3, -0.25) is 4.79 Å². The molecule has 0 heterocycles. The van der Waals surface area contributed by atoms with Crippen molar-refractivity contribution >= 4 is 5.91 Å². The van der Waals surface area contributed by atoms with Crippen molar-refractivity contribution in [3.8, 4) is 5.75 Å². The van der Waals surface area contributed by atoms with Crippen LogP contribution in [0.3, 0.4) is 0 Å². The highest BCUT2D eigenvalue weighted by Gasteiger charge is 2.06. The van der Waals surface area contributed by atoms with Gasteiger partial charge in [-0.25, -0.2) is 0 Å². The van der Waals surface area contributed by atoms with Gasteiger partial charge in [-0.15, -0.1) is 0 Å². The van der Waals surface area contributed by atoms with E-state index in [0.717, 1.165) is 18.7 Å². The minimum atomic E-state index is 0.0824. The highest BCUT2D eigenvalue weighted by Crippen LogP contribution is 2.17. The molecule has 0 radical (unpaired) electrons. The first kappa shape index (κ1) is 16.5. The molecular formula is C16H26N2O2. The average Bonchev–Trinajstić information content (AvgIpc) is 2.45. The molecule has 4 heteroatoms. The van der Waals surface area contributed by atoms with E-state index in [9.17, 15) is 4.79 Å². The van der Waals surface area contributed by atoms with Crippen LogP contribution in [0, 0.1) is 0 Å². The number of carbonyl (C=O) groups excluding carboxylic acids is 1. The second-order valence-electron chi connectivity index (χ2n) is 5.13. The second-order valence-corrected chi connectivity index (χ2v) is 5.13. The second kappa shape index (κ2) is 8.59. The van der Waals surface area contributed by atoms with Gasteiger partial charge in [0.15, 0.2) is 0 Å². The summed E-state index contributed by atoms with van der Waals surface area (Å²) in [4.78, 5) is 13.0. The van der Waals surface area contributed by atoms with Gasteiger partial charge in [0.2, 0.25) is 5.91 Å². The lowest BCUT2D eigenvalue weighted by atomic mass is 10.1. The molecule has 1 rings (SSSR count). The van der Waals surface area contributed by atoms with E-state index in [-0.39, 0.29) is 5.91 Å². The Kier molecular flexibility index (Phi) is 7.09. The molecule has 1 aromatic rings. The summed E-state index contributed by atoms with van der Waals surface area (Å²) in [6, 6.07) is 8.39. The zero-order chi connectivity index (χ0) is 15.0. The van der Waals surface area contributed by atoms with Crippen molar-refractivity contribution < 1.29 is 9.53 Å². The Hall–Kier alpha value is -1.55. The molecule has 1 atom stereocenters. The summed E-state index contributed by atoms with van der Waals surface area (Å²) in [6.45, 7) is 5.75. The molecule has 0 saturated carbocycles. The van der Waals surface area contributed by atoms with Crippen LogP contribution in [0.5, 0.6) is 5.75 Å². The highest BCUT2D eigenvalue weighted by molar-refractivity contribution is 5.75. The van der Waals surface area contributed by atoms with Crippen LogP contribution >= 0.6 is 0 Å². The molecule has 0 saturated heterocycles. The summed E-state index contributed by atoms with van der Waals surface area (Å²) in [5.41, 5.74) is 1.25. The van der Waals surface area contributed by atoms with Crippen LogP contribution in [0.4, 0.5) is 0 Å². The van der Waals surface area contributed by atoms with Crippen LogP contribution in [0.15, 0.2) is 24.3 Å². The number of amides is 1. The van der Waals surface area contributed by atoms with Crippen LogP contribution in [0.25, 0.3) is 0 Å². The number of nitrogens with one attached hydrogen (secondary N) is 1. The SMILES string of the molecule is CCCNC(C)c1ccc(OCCC(=O)N(C)C)cc1. The molecule has 0 fully saturated rings. The lowest BCUT2D eigenvalue weighted by Gasteiger charge is -2.14. The van der Waals surface area contributed by atoms with Crippen molar-refractivity contribution in [2.45, 2.75) is 32.7 Å². The number of nitrogens with zero attached hydrogens (tertiary/aromatic N) is 1. The fourth-order valence-corrected chi connectivity index (χ4v) is 1.81. The molecule has 20 heavy (non-hydrogen) atoms. The first-order valence-corrected chi connectivity index (χ1v) is 7.21. The monoisotopic (exact) mass is 278 g/mol. The molecule has 0 spiro atoms. The van der Waals surface area contributed by atoms with Crippen molar-refractivity contribution in [2.24, 2.45) is 0 Å². The Labute approximate surface area is 122 Å². The Morgan fingerprint density at radius 2 is 1.95 bits per heavy atom. The zero-order valence-electron chi connectivity index (χ0n) is 13.0. The van der Waals surface area contributed by atoms with Gasteiger partial charge >= 0.3 is 0 Å². The van der Waals surface area contributed by atoms with Crippen LogP contribution in [-0.4, -0.2) is 38.1 Å². The maximum absolute atomic E-state index is 11.4. The third-order valence-electron chi connectivity index (χ3n) is 3.16. The maximum atomic E-state index is 11.4. The number of hydrogen-bond acceptors (Lipinski definition) is 3. The van der Waals surface area contributed by atoms with E-state index in [4.69, 9.17) is 4.74 Å². The zero-order valence-corrected chi connectivity index (χ0v) is 13.0. The number of hydrogen-bond donors (Lipinski definition) is 1. The number of rotatable bonds is 8. The van der Waals surface area contributed by atoms with E-state index in [1.54, 1.807) is 19.0 Å². The summed E-state index contributed by atoms with van der Waals surface area (Å²) < 4.78 is 5.57. The molecular weight excluding hydrogens is 252 g/mol. The van der Waals surface area contributed by atoms with E-state index in [1.165, 1.54) is 5.56 Å². The third kappa shape index (κ3) is 5.61. The maximum Gasteiger partial charge on any atom is 0.225 e. The van der Waals surface area contributed by atoms with E-state index in [1.807, 2.05) is 12.1 Å².